The normalized spacial score (nSPS) is 14.0. The number of aliphatic hydroxyl groups excluding tert-OH is 1. The number of benzene rings is 3. The minimum atomic E-state index is -0.197. The van der Waals surface area contributed by atoms with Crippen molar-refractivity contribution in [1.82, 2.24) is 4.57 Å². The summed E-state index contributed by atoms with van der Waals surface area (Å²) in [6.07, 6.45) is 1.37. The van der Waals surface area contributed by atoms with Crippen LogP contribution in [0.25, 0.3) is 5.69 Å². The molecule has 0 bridgehead atoms. The number of carbonyl (C=O) groups is 1. The van der Waals surface area contributed by atoms with Crippen LogP contribution in [-0.4, -0.2) is 34.8 Å². The Labute approximate surface area is 212 Å². The summed E-state index contributed by atoms with van der Waals surface area (Å²) in [7, 11) is 0. The van der Waals surface area contributed by atoms with Crippen LogP contribution in [0.2, 0.25) is 0 Å². The molecule has 0 saturated carbocycles. The van der Waals surface area contributed by atoms with Crippen molar-refractivity contribution in [3.8, 4) is 5.69 Å². The highest BCUT2D eigenvalue weighted by Gasteiger charge is 2.17. The number of piperidine rings is 1. The Balaban J connectivity index is 1.17. The zero-order valence-electron chi connectivity index (χ0n) is 20.7. The molecule has 0 spiro atoms. The highest BCUT2D eigenvalue weighted by Crippen LogP contribution is 2.24. The molecule has 184 valence electrons. The lowest BCUT2D eigenvalue weighted by molar-refractivity contribution is 0.102. The van der Waals surface area contributed by atoms with E-state index in [0.29, 0.717) is 5.56 Å². The average molecular weight is 481 g/mol. The topological polar surface area (TPSA) is 69.5 Å². The second kappa shape index (κ2) is 10.3. The third-order valence-electron chi connectivity index (χ3n) is 6.79. The Morgan fingerprint density at radius 2 is 1.22 bits per heavy atom. The van der Waals surface area contributed by atoms with Crippen LogP contribution in [0.4, 0.5) is 22.7 Å². The highest BCUT2D eigenvalue weighted by atomic mass is 16.3. The number of hydrogen-bond donors (Lipinski definition) is 3. The first-order valence-electron chi connectivity index (χ1n) is 12.4. The highest BCUT2D eigenvalue weighted by molar-refractivity contribution is 6.04. The summed E-state index contributed by atoms with van der Waals surface area (Å²) in [6.45, 7) is 5.89. The minimum absolute atomic E-state index is 0.137. The van der Waals surface area contributed by atoms with Crippen LogP contribution in [0.5, 0.6) is 0 Å². The summed E-state index contributed by atoms with van der Waals surface area (Å²) in [5, 5.41) is 16.1. The van der Waals surface area contributed by atoms with Gasteiger partial charge in [-0.3, -0.25) is 4.79 Å². The quantitative estimate of drug-likeness (QED) is 0.314. The molecule has 6 nitrogen and oxygen atoms in total. The molecule has 0 atom stereocenters. The van der Waals surface area contributed by atoms with Crippen molar-refractivity contribution in [2.75, 3.05) is 28.6 Å². The van der Waals surface area contributed by atoms with Gasteiger partial charge in [-0.2, -0.15) is 0 Å². The third kappa shape index (κ3) is 5.29. The third-order valence-corrected chi connectivity index (χ3v) is 6.79. The molecule has 1 amide bonds. The molecular formula is C30H32N4O2. The number of hydrogen-bond acceptors (Lipinski definition) is 4. The van der Waals surface area contributed by atoms with E-state index in [-0.39, 0.29) is 12.0 Å². The van der Waals surface area contributed by atoms with Gasteiger partial charge in [-0.1, -0.05) is 0 Å². The number of aromatic nitrogens is 1. The van der Waals surface area contributed by atoms with Gasteiger partial charge in [0.1, 0.15) is 0 Å². The maximum Gasteiger partial charge on any atom is 0.255 e. The fourth-order valence-electron chi connectivity index (χ4n) is 4.72. The molecule has 4 aromatic rings. The van der Waals surface area contributed by atoms with Crippen LogP contribution >= 0.6 is 0 Å². The van der Waals surface area contributed by atoms with E-state index in [9.17, 15) is 9.90 Å². The van der Waals surface area contributed by atoms with Gasteiger partial charge >= 0.3 is 0 Å². The summed E-state index contributed by atoms with van der Waals surface area (Å²) in [6, 6.07) is 28.0. The first-order valence-corrected chi connectivity index (χ1v) is 12.4. The second-order valence-corrected chi connectivity index (χ2v) is 9.42. The number of aryl methyl sites for hydroxylation is 2. The van der Waals surface area contributed by atoms with Crippen molar-refractivity contribution in [1.29, 1.82) is 0 Å². The zero-order valence-corrected chi connectivity index (χ0v) is 20.7. The molecule has 0 radical (unpaired) electrons. The summed E-state index contributed by atoms with van der Waals surface area (Å²) in [4.78, 5) is 15.0. The van der Waals surface area contributed by atoms with Gasteiger partial charge in [0.15, 0.2) is 0 Å². The van der Waals surface area contributed by atoms with Crippen LogP contribution in [0.3, 0.4) is 0 Å². The van der Waals surface area contributed by atoms with E-state index in [1.807, 2.05) is 48.5 Å². The van der Waals surface area contributed by atoms with Crippen molar-refractivity contribution in [2.45, 2.75) is 32.8 Å². The van der Waals surface area contributed by atoms with E-state index in [1.54, 1.807) is 0 Å². The molecule has 36 heavy (non-hydrogen) atoms. The second-order valence-electron chi connectivity index (χ2n) is 9.42. The maximum absolute atomic E-state index is 12.7. The SMILES string of the molecule is Cc1ccc(C)n1-c1ccc(Nc2ccc(NC(=O)c3ccc(N4CCC(O)CC4)cc3)cc2)cc1. The number of anilines is 4. The number of aliphatic hydroxyl groups is 1. The first-order chi connectivity index (χ1) is 17.5. The standard InChI is InChI=1S/C30H32N4O2/c1-21-3-4-22(2)34(21)28-15-11-25(12-16-28)31-24-7-9-26(10-8-24)32-30(36)23-5-13-27(14-6-23)33-19-17-29(35)18-20-33/h3-16,29,31,35H,17-20H2,1-2H3,(H,32,36). The molecule has 1 aliphatic heterocycles. The van der Waals surface area contributed by atoms with Crippen molar-refractivity contribution in [2.24, 2.45) is 0 Å². The molecule has 2 heterocycles. The van der Waals surface area contributed by atoms with Gasteiger partial charge in [0.2, 0.25) is 0 Å². The van der Waals surface area contributed by atoms with Gasteiger partial charge in [-0.25, -0.2) is 0 Å². The van der Waals surface area contributed by atoms with Gasteiger partial charge in [-0.15, -0.1) is 0 Å². The van der Waals surface area contributed by atoms with Crippen molar-refractivity contribution in [3.63, 3.8) is 0 Å². The van der Waals surface area contributed by atoms with E-state index in [2.05, 4.69) is 70.3 Å². The van der Waals surface area contributed by atoms with Crippen molar-refractivity contribution < 1.29 is 9.90 Å². The number of nitrogens with zero attached hydrogens (tertiary/aromatic N) is 2. The smallest absolute Gasteiger partial charge is 0.255 e. The zero-order chi connectivity index (χ0) is 25.1. The fourth-order valence-corrected chi connectivity index (χ4v) is 4.72. The lowest BCUT2D eigenvalue weighted by Gasteiger charge is -2.31. The van der Waals surface area contributed by atoms with Crippen LogP contribution in [-0.2, 0) is 0 Å². The average Bonchev–Trinajstić information content (AvgIpc) is 3.24. The molecule has 6 heteroatoms. The van der Waals surface area contributed by atoms with Gasteiger partial charge < -0.3 is 25.2 Å². The van der Waals surface area contributed by atoms with Crippen LogP contribution in [0.15, 0.2) is 84.9 Å². The summed E-state index contributed by atoms with van der Waals surface area (Å²) in [5.41, 5.74) is 7.96. The molecule has 0 unspecified atom stereocenters. The van der Waals surface area contributed by atoms with E-state index >= 15 is 0 Å². The largest absolute Gasteiger partial charge is 0.393 e. The lowest BCUT2D eigenvalue weighted by atomic mass is 10.1. The molecule has 1 aliphatic rings. The monoisotopic (exact) mass is 480 g/mol. The Bertz CT molecular complexity index is 1300. The molecular weight excluding hydrogens is 448 g/mol. The molecule has 1 aromatic heterocycles. The Morgan fingerprint density at radius 3 is 1.81 bits per heavy atom. The first kappa shape index (κ1) is 23.7. The molecule has 3 N–H and O–H groups in total. The van der Waals surface area contributed by atoms with Crippen LogP contribution in [0, 0.1) is 13.8 Å². The van der Waals surface area contributed by atoms with Crippen LogP contribution < -0.4 is 15.5 Å². The predicted molar refractivity (Wildman–Crippen MR) is 147 cm³/mol. The number of amides is 1. The minimum Gasteiger partial charge on any atom is -0.393 e. The van der Waals surface area contributed by atoms with E-state index in [4.69, 9.17) is 0 Å². The molecule has 3 aromatic carbocycles. The molecule has 1 fully saturated rings. The van der Waals surface area contributed by atoms with Crippen molar-refractivity contribution in [3.05, 3.63) is 102 Å². The van der Waals surface area contributed by atoms with Gasteiger partial charge in [0.25, 0.3) is 5.91 Å². The Kier molecular flexibility index (Phi) is 6.78. The number of carbonyl (C=O) groups excluding carboxylic acids is 1. The Hall–Kier alpha value is -4.03. The van der Waals surface area contributed by atoms with E-state index in [0.717, 1.165) is 54.4 Å². The maximum atomic E-state index is 12.7. The molecule has 0 aliphatic carbocycles. The van der Waals surface area contributed by atoms with Gasteiger partial charge in [-0.05, 0) is 112 Å². The number of nitrogens with one attached hydrogen (secondary N) is 2. The van der Waals surface area contributed by atoms with Crippen molar-refractivity contribution >= 4 is 28.7 Å². The number of rotatable bonds is 6. The van der Waals surface area contributed by atoms with Gasteiger partial charge in [0, 0.05) is 58.5 Å². The summed E-state index contributed by atoms with van der Waals surface area (Å²) in [5.74, 6) is -0.137. The summed E-state index contributed by atoms with van der Waals surface area (Å²) >= 11 is 0. The Morgan fingerprint density at radius 1 is 0.722 bits per heavy atom. The van der Waals surface area contributed by atoms with E-state index in [1.165, 1.54) is 11.4 Å². The van der Waals surface area contributed by atoms with Gasteiger partial charge in [0.05, 0.1) is 6.10 Å². The summed E-state index contributed by atoms with van der Waals surface area (Å²) < 4.78 is 2.23. The lowest BCUT2D eigenvalue weighted by Crippen LogP contribution is -2.35. The molecule has 5 rings (SSSR count). The molecule has 1 saturated heterocycles. The van der Waals surface area contributed by atoms with E-state index < -0.39 is 0 Å². The predicted octanol–water partition coefficient (Wildman–Crippen LogP) is 6.05. The fraction of sp³-hybridized carbons (Fsp3) is 0.233. The van der Waals surface area contributed by atoms with Crippen LogP contribution in [0.1, 0.15) is 34.6 Å².